The van der Waals surface area contributed by atoms with E-state index in [4.69, 9.17) is 10.5 Å². The van der Waals surface area contributed by atoms with Crippen molar-refractivity contribution in [3.05, 3.63) is 29.6 Å². The number of rotatable bonds is 4. The molecule has 2 atom stereocenters. The van der Waals surface area contributed by atoms with E-state index in [0.717, 1.165) is 57.4 Å². The van der Waals surface area contributed by atoms with Crippen LogP contribution < -0.4 is 10.5 Å². The van der Waals surface area contributed by atoms with Gasteiger partial charge in [0.05, 0.1) is 7.11 Å². The first-order valence-corrected chi connectivity index (χ1v) is 9.16. The van der Waals surface area contributed by atoms with Crippen LogP contribution in [0, 0.1) is 11.7 Å². The number of nitrogens with zero attached hydrogens (tertiary/aromatic N) is 2. The maximum atomic E-state index is 13.8. The van der Waals surface area contributed by atoms with Gasteiger partial charge in [0.15, 0.2) is 11.6 Å². The molecular formula is C19H28FN3O2. The molecule has 0 spiro atoms. The maximum Gasteiger partial charge on any atom is 0.225 e. The average molecular weight is 349 g/mol. The lowest BCUT2D eigenvalue weighted by atomic mass is 9.85. The molecule has 1 saturated heterocycles. The van der Waals surface area contributed by atoms with E-state index < -0.39 is 0 Å². The summed E-state index contributed by atoms with van der Waals surface area (Å²) in [6.45, 7) is 3.81. The van der Waals surface area contributed by atoms with Crippen LogP contribution in [0.2, 0.25) is 0 Å². The standard InChI is InChI=1S/C19H28FN3O2/c1-25-18-6-5-14(11-17(18)20)13-22-7-9-23(10-8-22)19(24)15-3-2-4-16(21)12-15/h5-6,11,15-16H,2-4,7-10,12-13,21H2,1H3/t15-,16-/m0/s1. The number of benzene rings is 1. The topological polar surface area (TPSA) is 58.8 Å². The highest BCUT2D eigenvalue weighted by molar-refractivity contribution is 5.79. The Labute approximate surface area is 148 Å². The summed E-state index contributed by atoms with van der Waals surface area (Å²) in [5.41, 5.74) is 6.94. The highest BCUT2D eigenvalue weighted by Crippen LogP contribution is 2.25. The minimum atomic E-state index is -0.331. The number of amides is 1. The summed E-state index contributed by atoms with van der Waals surface area (Å²) in [5.74, 6) is 0.309. The SMILES string of the molecule is COc1ccc(CN2CCN(C(=O)[C@H]3CCC[C@H](N)C3)CC2)cc1F. The monoisotopic (exact) mass is 349 g/mol. The predicted molar refractivity (Wildman–Crippen MR) is 94.7 cm³/mol. The molecule has 5 nitrogen and oxygen atoms in total. The van der Waals surface area contributed by atoms with Gasteiger partial charge < -0.3 is 15.4 Å². The van der Waals surface area contributed by atoms with E-state index in [9.17, 15) is 9.18 Å². The van der Waals surface area contributed by atoms with Crippen LogP contribution in [-0.4, -0.2) is 55.0 Å². The molecule has 0 radical (unpaired) electrons. The Bertz CT molecular complexity index is 602. The van der Waals surface area contributed by atoms with Crippen LogP contribution in [0.15, 0.2) is 18.2 Å². The fourth-order valence-corrected chi connectivity index (χ4v) is 3.90. The van der Waals surface area contributed by atoms with Crippen LogP contribution in [0.25, 0.3) is 0 Å². The minimum Gasteiger partial charge on any atom is -0.494 e. The van der Waals surface area contributed by atoms with E-state index in [1.54, 1.807) is 6.07 Å². The molecule has 1 heterocycles. The van der Waals surface area contributed by atoms with Crippen molar-refractivity contribution in [3.63, 3.8) is 0 Å². The Balaban J connectivity index is 1.50. The zero-order valence-electron chi connectivity index (χ0n) is 14.9. The molecule has 6 heteroatoms. The van der Waals surface area contributed by atoms with Crippen molar-refractivity contribution in [2.75, 3.05) is 33.3 Å². The number of carbonyl (C=O) groups excluding carboxylic acids is 1. The van der Waals surface area contributed by atoms with Gasteiger partial charge in [0.2, 0.25) is 5.91 Å². The molecule has 1 aromatic carbocycles. The largest absolute Gasteiger partial charge is 0.494 e. The van der Waals surface area contributed by atoms with Gasteiger partial charge >= 0.3 is 0 Å². The summed E-state index contributed by atoms with van der Waals surface area (Å²) < 4.78 is 18.8. The molecule has 2 aliphatic rings. The van der Waals surface area contributed by atoms with Crippen molar-refractivity contribution in [3.8, 4) is 5.75 Å². The second kappa shape index (κ2) is 8.15. The maximum absolute atomic E-state index is 13.8. The molecule has 2 fully saturated rings. The highest BCUT2D eigenvalue weighted by atomic mass is 19.1. The number of piperazine rings is 1. The van der Waals surface area contributed by atoms with E-state index in [0.29, 0.717) is 6.54 Å². The van der Waals surface area contributed by atoms with Gasteiger partial charge in [-0.15, -0.1) is 0 Å². The van der Waals surface area contributed by atoms with E-state index in [1.807, 2.05) is 11.0 Å². The Morgan fingerprint density at radius 2 is 2.04 bits per heavy atom. The van der Waals surface area contributed by atoms with Gasteiger partial charge in [-0.2, -0.15) is 0 Å². The first-order chi connectivity index (χ1) is 12.1. The molecule has 2 N–H and O–H groups in total. The van der Waals surface area contributed by atoms with Crippen molar-refractivity contribution in [1.29, 1.82) is 0 Å². The fourth-order valence-electron chi connectivity index (χ4n) is 3.90. The van der Waals surface area contributed by atoms with Crippen LogP contribution in [-0.2, 0) is 11.3 Å². The Morgan fingerprint density at radius 1 is 1.28 bits per heavy atom. The number of hydrogen-bond donors (Lipinski definition) is 1. The second-order valence-corrected chi connectivity index (χ2v) is 7.19. The molecular weight excluding hydrogens is 321 g/mol. The van der Waals surface area contributed by atoms with Crippen LogP contribution in [0.3, 0.4) is 0 Å². The van der Waals surface area contributed by atoms with Crippen molar-refractivity contribution in [2.24, 2.45) is 11.7 Å². The summed E-state index contributed by atoms with van der Waals surface area (Å²) in [6.07, 6.45) is 3.89. The van der Waals surface area contributed by atoms with Gasteiger partial charge in [-0.05, 0) is 37.0 Å². The summed E-state index contributed by atoms with van der Waals surface area (Å²) in [5, 5.41) is 0. The zero-order chi connectivity index (χ0) is 17.8. The molecule has 138 valence electrons. The number of methoxy groups -OCH3 is 1. The van der Waals surface area contributed by atoms with E-state index >= 15 is 0 Å². The number of ether oxygens (including phenoxy) is 1. The molecule has 1 amide bonds. The molecule has 3 rings (SSSR count). The van der Waals surface area contributed by atoms with E-state index in [1.165, 1.54) is 13.2 Å². The lowest BCUT2D eigenvalue weighted by Crippen LogP contribution is -2.50. The molecule has 1 aliphatic carbocycles. The lowest BCUT2D eigenvalue weighted by Gasteiger charge is -2.37. The Hall–Kier alpha value is -1.66. The van der Waals surface area contributed by atoms with Crippen LogP contribution in [0.1, 0.15) is 31.2 Å². The van der Waals surface area contributed by atoms with Gasteiger partial charge in [-0.3, -0.25) is 9.69 Å². The summed E-state index contributed by atoms with van der Waals surface area (Å²) in [6, 6.07) is 5.26. The zero-order valence-corrected chi connectivity index (χ0v) is 14.9. The normalized spacial score (nSPS) is 25.0. The number of hydrogen-bond acceptors (Lipinski definition) is 4. The second-order valence-electron chi connectivity index (χ2n) is 7.19. The number of carbonyl (C=O) groups is 1. The number of nitrogens with two attached hydrogens (primary N) is 1. The molecule has 1 aliphatic heterocycles. The smallest absolute Gasteiger partial charge is 0.225 e. The van der Waals surface area contributed by atoms with Crippen LogP contribution in [0.5, 0.6) is 5.75 Å². The third-order valence-corrected chi connectivity index (χ3v) is 5.37. The third kappa shape index (κ3) is 4.50. The van der Waals surface area contributed by atoms with Gasteiger partial charge in [-0.25, -0.2) is 4.39 Å². The van der Waals surface area contributed by atoms with Crippen molar-refractivity contribution >= 4 is 5.91 Å². The predicted octanol–water partition coefficient (Wildman–Crippen LogP) is 2.00. The van der Waals surface area contributed by atoms with Crippen molar-refractivity contribution < 1.29 is 13.9 Å². The molecule has 25 heavy (non-hydrogen) atoms. The summed E-state index contributed by atoms with van der Waals surface area (Å²) in [7, 11) is 1.47. The highest BCUT2D eigenvalue weighted by Gasteiger charge is 2.30. The van der Waals surface area contributed by atoms with Crippen LogP contribution in [0.4, 0.5) is 4.39 Å². The molecule has 0 unspecified atom stereocenters. The fraction of sp³-hybridized carbons (Fsp3) is 0.632. The molecule has 1 aromatic rings. The number of halogens is 1. The quantitative estimate of drug-likeness (QED) is 0.903. The van der Waals surface area contributed by atoms with Gasteiger partial charge in [-0.1, -0.05) is 12.5 Å². The third-order valence-electron chi connectivity index (χ3n) is 5.37. The van der Waals surface area contributed by atoms with Crippen molar-refractivity contribution in [1.82, 2.24) is 9.80 Å². The van der Waals surface area contributed by atoms with E-state index in [2.05, 4.69) is 4.90 Å². The van der Waals surface area contributed by atoms with Gasteiger partial charge in [0.25, 0.3) is 0 Å². The first kappa shape index (κ1) is 18.1. The molecule has 1 saturated carbocycles. The summed E-state index contributed by atoms with van der Waals surface area (Å²) >= 11 is 0. The Kier molecular flexibility index (Phi) is 5.91. The summed E-state index contributed by atoms with van der Waals surface area (Å²) in [4.78, 5) is 16.9. The minimum absolute atomic E-state index is 0.103. The molecule has 0 bridgehead atoms. The Morgan fingerprint density at radius 3 is 2.68 bits per heavy atom. The molecule has 0 aromatic heterocycles. The van der Waals surface area contributed by atoms with E-state index in [-0.39, 0.29) is 29.4 Å². The van der Waals surface area contributed by atoms with Gasteiger partial charge in [0, 0.05) is 44.7 Å². The van der Waals surface area contributed by atoms with Crippen LogP contribution >= 0.6 is 0 Å². The average Bonchev–Trinajstić information content (AvgIpc) is 2.62. The van der Waals surface area contributed by atoms with Gasteiger partial charge in [0.1, 0.15) is 0 Å². The lowest BCUT2D eigenvalue weighted by molar-refractivity contribution is -0.138. The van der Waals surface area contributed by atoms with Crippen molar-refractivity contribution in [2.45, 2.75) is 38.3 Å². The first-order valence-electron chi connectivity index (χ1n) is 9.16.